The van der Waals surface area contributed by atoms with Gasteiger partial charge in [-0.1, -0.05) is 35.3 Å². The molecule has 0 spiro atoms. The molecular weight excluding hydrogens is 395 g/mol. The summed E-state index contributed by atoms with van der Waals surface area (Å²) in [4.78, 5) is 0. The number of ether oxygens (including phenoxy) is 2. The molecule has 26 heavy (non-hydrogen) atoms. The van der Waals surface area contributed by atoms with Crippen LogP contribution in [0.4, 0.5) is 0 Å². The molecule has 0 atom stereocenters. The Morgan fingerprint density at radius 1 is 1.23 bits per heavy atom. The van der Waals surface area contributed by atoms with E-state index in [1.807, 2.05) is 12.1 Å². The molecule has 0 aliphatic rings. The number of rotatable bonds is 6. The molecule has 0 bridgehead atoms. The number of methoxy groups -OCH3 is 1. The Morgan fingerprint density at radius 3 is 2.62 bits per heavy atom. The van der Waals surface area contributed by atoms with Crippen molar-refractivity contribution in [3.63, 3.8) is 0 Å². The molecule has 3 rings (SSSR count). The summed E-state index contributed by atoms with van der Waals surface area (Å²) < 4.78 is 13.2. The summed E-state index contributed by atoms with van der Waals surface area (Å²) in [5, 5.41) is 11.8. The molecule has 0 saturated carbocycles. The SMILES string of the molecule is COc1cccc(/C=N/n2cn[nH]c2=S)c1OCc1c(Cl)cccc1Cl. The highest BCUT2D eigenvalue weighted by molar-refractivity contribution is 7.71. The van der Waals surface area contributed by atoms with E-state index >= 15 is 0 Å². The molecule has 6 nitrogen and oxygen atoms in total. The van der Waals surface area contributed by atoms with Gasteiger partial charge in [0.05, 0.1) is 13.3 Å². The molecule has 1 N–H and O–H groups in total. The van der Waals surface area contributed by atoms with Crippen molar-refractivity contribution in [1.82, 2.24) is 14.9 Å². The average molecular weight is 409 g/mol. The van der Waals surface area contributed by atoms with E-state index in [1.54, 1.807) is 37.6 Å². The lowest BCUT2D eigenvalue weighted by Crippen LogP contribution is -2.02. The number of H-pyrrole nitrogens is 1. The van der Waals surface area contributed by atoms with Crippen LogP contribution in [0.1, 0.15) is 11.1 Å². The predicted molar refractivity (Wildman–Crippen MR) is 104 cm³/mol. The molecule has 2 aromatic carbocycles. The highest BCUT2D eigenvalue weighted by Crippen LogP contribution is 2.33. The molecule has 0 fully saturated rings. The lowest BCUT2D eigenvalue weighted by molar-refractivity contribution is 0.284. The van der Waals surface area contributed by atoms with Crippen LogP contribution in [0, 0.1) is 4.77 Å². The first-order valence-corrected chi connectivity index (χ1v) is 8.65. The molecule has 0 unspecified atom stereocenters. The van der Waals surface area contributed by atoms with Crippen molar-refractivity contribution in [2.75, 3.05) is 7.11 Å². The maximum Gasteiger partial charge on any atom is 0.216 e. The third kappa shape index (κ3) is 4.07. The van der Waals surface area contributed by atoms with E-state index < -0.39 is 0 Å². The Morgan fingerprint density at radius 2 is 1.96 bits per heavy atom. The molecule has 3 aromatic rings. The van der Waals surface area contributed by atoms with Crippen LogP contribution in [0.2, 0.25) is 10.0 Å². The first-order valence-electron chi connectivity index (χ1n) is 7.49. The number of aromatic nitrogens is 3. The third-order valence-electron chi connectivity index (χ3n) is 3.51. The molecule has 1 aromatic heterocycles. The van der Waals surface area contributed by atoms with E-state index in [4.69, 9.17) is 44.9 Å². The molecule has 0 saturated heterocycles. The van der Waals surface area contributed by atoms with Crippen molar-refractivity contribution in [1.29, 1.82) is 0 Å². The van der Waals surface area contributed by atoms with Crippen LogP contribution in [0.25, 0.3) is 0 Å². The maximum absolute atomic E-state index is 6.21. The summed E-state index contributed by atoms with van der Waals surface area (Å²) in [5.41, 5.74) is 1.40. The Bertz CT molecular complexity index is 980. The van der Waals surface area contributed by atoms with Gasteiger partial charge in [-0.05, 0) is 36.5 Å². The Balaban J connectivity index is 1.91. The van der Waals surface area contributed by atoms with E-state index in [0.29, 0.717) is 37.4 Å². The van der Waals surface area contributed by atoms with Crippen LogP contribution >= 0.6 is 35.4 Å². The van der Waals surface area contributed by atoms with E-state index in [2.05, 4.69) is 15.3 Å². The van der Waals surface area contributed by atoms with Crippen molar-refractivity contribution >= 4 is 41.6 Å². The lowest BCUT2D eigenvalue weighted by Gasteiger charge is -2.14. The van der Waals surface area contributed by atoms with E-state index in [1.165, 1.54) is 11.0 Å². The second-order valence-electron chi connectivity index (χ2n) is 5.12. The number of halogens is 2. The second-order valence-corrected chi connectivity index (χ2v) is 6.32. The molecule has 0 radical (unpaired) electrons. The van der Waals surface area contributed by atoms with Gasteiger partial charge in [0.25, 0.3) is 0 Å². The van der Waals surface area contributed by atoms with Crippen LogP contribution in [0.5, 0.6) is 11.5 Å². The van der Waals surface area contributed by atoms with Crippen molar-refractivity contribution < 1.29 is 9.47 Å². The fourth-order valence-electron chi connectivity index (χ4n) is 2.21. The van der Waals surface area contributed by atoms with Crippen molar-refractivity contribution in [3.05, 3.63) is 68.7 Å². The van der Waals surface area contributed by atoms with Gasteiger partial charge >= 0.3 is 0 Å². The van der Waals surface area contributed by atoms with E-state index in [-0.39, 0.29) is 6.61 Å². The van der Waals surface area contributed by atoms with Gasteiger partial charge in [-0.25, -0.2) is 0 Å². The average Bonchev–Trinajstić information content (AvgIpc) is 3.04. The lowest BCUT2D eigenvalue weighted by atomic mass is 10.2. The summed E-state index contributed by atoms with van der Waals surface area (Å²) in [6.45, 7) is 0.185. The number of aromatic amines is 1. The quantitative estimate of drug-likeness (QED) is 0.473. The predicted octanol–water partition coefficient (Wildman–Crippen LogP) is 4.72. The standard InChI is InChI=1S/C17H14Cl2N4O2S/c1-24-15-7-2-4-11(8-21-23-10-20-22-17(23)26)16(15)25-9-12-13(18)5-3-6-14(12)19/h2-8,10H,9H2,1H3,(H,22,26)/b21-8+. The molecule has 0 amide bonds. The fourth-order valence-corrected chi connectivity index (χ4v) is 2.87. The Hall–Kier alpha value is -2.35. The molecule has 134 valence electrons. The molecular formula is C17H14Cl2N4O2S. The Labute approximate surface area is 165 Å². The minimum atomic E-state index is 0.185. The van der Waals surface area contributed by atoms with Crippen LogP contribution < -0.4 is 9.47 Å². The highest BCUT2D eigenvalue weighted by Gasteiger charge is 2.12. The maximum atomic E-state index is 6.21. The largest absolute Gasteiger partial charge is 0.493 e. The van der Waals surface area contributed by atoms with Gasteiger partial charge in [0.1, 0.15) is 12.9 Å². The summed E-state index contributed by atoms with van der Waals surface area (Å²) >= 11 is 17.5. The van der Waals surface area contributed by atoms with Crippen LogP contribution in [-0.4, -0.2) is 28.2 Å². The molecule has 1 heterocycles. The van der Waals surface area contributed by atoms with Gasteiger partial charge in [0.15, 0.2) is 11.5 Å². The van der Waals surface area contributed by atoms with Gasteiger partial charge in [0.2, 0.25) is 4.77 Å². The summed E-state index contributed by atoms with van der Waals surface area (Å²) in [6, 6.07) is 10.8. The molecule has 9 heteroatoms. The van der Waals surface area contributed by atoms with Gasteiger partial charge in [-0.3, -0.25) is 5.10 Å². The molecule has 0 aliphatic heterocycles. The van der Waals surface area contributed by atoms with E-state index in [9.17, 15) is 0 Å². The van der Waals surface area contributed by atoms with Gasteiger partial charge in [-0.15, -0.1) is 0 Å². The number of nitrogens with one attached hydrogen (secondary N) is 1. The van der Waals surface area contributed by atoms with Gasteiger partial charge in [0, 0.05) is 21.2 Å². The fraction of sp³-hybridized carbons (Fsp3) is 0.118. The zero-order valence-corrected chi connectivity index (χ0v) is 16.0. The molecule has 0 aliphatic carbocycles. The summed E-state index contributed by atoms with van der Waals surface area (Å²) in [5.74, 6) is 1.08. The summed E-state index contributed by atoms with van der Waals surface area (Å²) in [7, 11) is 1.57. The van der Waals surface area contributed by atoms with Crippen LogP contribution in [0.15, 0.2) is 47.8 Å². The second kappa shape index (κ2) is 8.35. The minimum absolute atomic E-state index is 0.185. The first-order chi connectivity index (χ1) is 12.6. The highest BCUT2D eigenvalue weighted by atomic mass is 35.5. The zero-order chi connectivity index (χ0) is 18.5. The van der Waals surface area contributed by atoms with Crippen LogP contribution in [-0.2, 0) is 6.61 Å². The normalized spacial score (nSPS) is 11.0. The van der Waals surface area contributed by atoms with Crippen LogP contribution in [0.3, 0.4) is 0 Å². The first kappa shape index (κ1) is 18.4. The number of para-hydroxylation sites is 1. The van der Waals surface area contributed by atoms with Crippen molar-refractivity contribution in [2.24, 2.45) is 5.10 Å². The van der Waals surface area contributed by atoms with Crippen molar-refractivity contribution in [3.8, 4) is 11.5 Å². The number of hydrogen-bond donors (Lipinski definition) is 1. The minimum Gasteiger partial charge on any atom is -0.493 e. The number of benzene rings is 2. The Kier molecular flexibility index (Phi) is 5.92. The van der Waals surface area contributed by atoms with Crippen molar-refractivity contribution in [2.45, 2.75) is 6.61 Å². The smallest absolute Gasteiger partial charge is 0.216 e. The number of nitrogens with zero attached hydrogens (tertiary/aromatic N) is 3. The topological polar surface area (TPSA) is 64.4 Å². The monoisotopic (exact) mass is 408 g/mol. The van der Waals surface area contributed by atoms with E-state index in [0.717, 1.165) is 0 Å². The van der Waals surface area contributed by atoms with Gasteiger partial charge < -0.3 is 9.47 Å². The van der Waals surface area contributed by atoms with Gasteiger partial charge in [-0.2, -0.15) is 14.9 Å². The summed E-state index contributed by atoms with van der Waals surface area (Å²) in [6.07, 6.45) is 3.08. The third-order valence-corrected chi connectivity index (χ3v) is 4.49. The zero-order valence-electron chi connectivity index (χ0n) is 13.6. The number of hydrogen-bond acceptors (Lipinski definition) is 5.